The summed E-state index contributed by atoms with van der Waals surface area (Å²) in [6.07, 6.45) is 1.46. The number of hydrogen-bond donors (Lipinski definition) is 2. The maximum Gasteiger partial charge on any atom is 0.0803 e. The van der Waals surface area contributed by atoms with Gasteiger partial charge in [-0.25, -0.2) is 0 Å². The van der Waals surface area contributed by atoms with E-state index in [2.05, 4.69) is 4.90 Å². The van der Waals surface area contributed by atoms with E-state index in [-0.39, 0.29) is 0 Å². The van der Waals surface area contributed by atoms with Gasteiger partial charge in [-0.05, 0) is 37.1 Å². The van der Waals surface area contributed by atoms with Crippen LogP contribution < -0.4 is 10.6 Å². The molecule has 0 amide bonds. The minimum Gasteiger partial charge on any atom is -0.388 e. The zero-order chi connectivity index (χ0) is 11.6. The normalized spacial score (nSPS) is 19.8. The lowest BCUT2D eigenvalue weighted by Crippen LogP contribution is -2.48. The van der Waals surface area contributed by atoms with Crippen LogP contribution in [0.2, 0.25) is 5.02 Å². The molecule has 4 heteroatoms. The van der Waals surface area contributed by atoms with E-state index in [1.54, 1.807) is 0 Å². The van der Waals surface area contributed by atoms with Crippen LogP contribution in [0.15, 0.2) is 24.3 Å². The fraction of sp³-hybridized carbons (Fsp3) is 0.500. The van der Waals surface area contributed by atoms with Gasteiger partial charge in [0.1, 0.15) is 0 Å². The van der Waals surface area contributed by atoms with Gasteiger partial charge < -0.3 is 15.7 Å². The number of nitrogens with zero attached hydrogens (tertiary/aromatic N) is 1. The molecule has 0 bridgehead atoms. The molecule has 1 fully saturated rings. The summed E-state index contributed by atoms with van der Waals surface area (Å²) in [5.74, 6) is 0. The van der Waals surface area contributed by atoms with Crippen molar-refractivity contribution in [3.63, 3.8) is 0 Å². The predicted molar refractivity (Wildman–Crippen MR) is 66.9 cm³/mol. The van der Waals surface area contributed by atoms with Crippen LogP contribution >= 0.6 is 11.6 Å². The first-order valence-corrected chi connectivity index (χ1v) is 5.94. The second-order valence-corrected chi connectivity index (χ2v) is 4.83. The van der Waals surface area contributed by atoms with Crippen LogP contribution in [0.4, 0.5) is 5.69 Å². The molecule has 1 aromatic carbocycles. The Kier molecular flexibility index (Phi) is 3.38. The molecule has 0 radical (unpaired) electrons. The summed E-state index contributed by atoms with van der Waals surface area (Å²) < 4.78 is 0. The highest BCUT2D eigenvalue weighted by Crippen LogP contribution is 2.26. The molecule has 1 heterocycles. The molecular formula is C12H17ClN2O. The third kappa shape index (κ3) is 2.48. The number of benzene rings is 1. The van der Waals surface area contributed by atoms with Gasteiger partial charge in [0.15, 0.2) is 0 Å². The van der Waals surface area contributed by atoms with Crippen LogP contribution in [0, 0.1) is 0 Å². The van der Waals surface area contributed by atoms with Crippen molar-refractivity contribution < 1.29 is 5.11 Å². The standard InChI is InChI=1S/C12H17ClN2O/c13-10-1-3-11(4-2-10)15-7-5-12(16,9-14)6-8-15/h1-4,16H,5-9,14H2. The Balaban J connectivity index is 2.01. The van der Waals surface area contributed by atoms with E-state index in [1.165, 1.54) is 0 Å². The molecule has 3 nitrogen and oxygen atoms in total. The van der Waals surface area contributed by atoms with Crippen molar-refractivity contribution in [3.8, 4) is 0 Å². The number of hydrogen-bond acceptors (Lipinski definition) is 3. The highest BCUT2D eigenvalue weighted by atomic mass is 35.5. The molecule has 0 saturated carbocycles. The molecule has 88 valence electrons. The predicted octanol–water partition coefficient (Wildman–Crippen LogP) is 1.63. The molecule has 2 rings (SSSR count). The molecule has 16 heavy (non-hydrogen) atoms. The van der Waals surface area contributed by atoms with Gasteiger partial charge >= 0.3 is 0 Å². The van der Waals surface area contributed by atoms with E-state index in [4.69, 9.17) is 17.3 Å². The number of anilines is 1. The zero-order valence-electron chi connectivity index (χ0n) is 9.19. The Morgan fingerprint density at radius 2 is 1.81 bits per heavy atom. The lowest BCUT2D eigenvalue weighted by Gasteiger charge is -2.38. The van der Waals surface area contributed by atoms with Gasteiger partial charge in [0.2, 0.25) is 0 Å². The highest BCUT2D eigenvalue weighted by molar-refractivity contribution is 6.30. The fourth-order valence-corrected chi connectivity index (χ4v) is 2.16. The first kappa shape index (κ1) is 11.7. The first-order valence-electron chi connectivity index (χ1n) is 5.56. The summed E-state index contributed by atoms with van der Waals surface area (Å²) >= 11 is 5.84. The van der Waals surface area contributed by atoms with Gasteiger partial charge in [-0.15, -0.1) is 0 Å². The van der Waals surface area contributed by atoms with Crippen LogP contribution in [0.5, 0.6) is 0 Å². The van der Waals surface area contributed by atoms with Gasteiger partial charge in [-0.2, -0.15) is 0 Å². The fourth-order valence-electron chi connectivity index (χ4n) is 2.04. The van der Waals surface area contributed by atoms with Crippen molar-refractivity contribution in [1.82, 2.24) is 0 Å². The van der Waals surface area contributed by atoms with E-state index in [1.807, 2.05) is 24.3 Å². The quantitative estimate of drug-likeness (QED) is 0.826. The van der Waals surface area contributed by atoms with E-state index >= 15 is 0 Å². The molecule has 0 aromatic heterocycles. The van der Waals surface area contributed by atoms with Crippen LogP contribution in [-0.2, 0) is 0 Å². The third-order valence-electron chi connectivity index (χ3n) is 3.27. The zero-order valence-corrected chi connectivity index (χ0v) is 9.95. The number of piperidine rings is 1. The lowest BCUT2D eigenvalue weighted by molar-refractivity contribution is 0.0250. The largest absolute Gasteiger partial charge is 0.388 e. The summed E-state index contributed by atoms with van der Waals surface area (Å²) in [6.45, 7) is 2.03. The summed E-state index contributed by atoms with van der Waals surface area (Å²) in [5.41, 5.74) is 6.05. The summed E-state index contributed by atoms with van der Waals surface area (Å²) in [5, 5.41) is 10.8. The molecule has 1 saturated heterocycles. The van der Waals surface area contributed by atoms with Crippen molar-refractivity contribution in [2.75, 3.05) is 24.5 Å². The number of nitrogens with two attached hydrogens (primary N) is 1. The number of rotatable bonds is 2. The number of aliphatic hydroxyl groups is 1. The van der Waals surface area contributed by atoms with Crippen molar-refractivity contribution in [1.29, 1.82) is 0 Å². The van der Waals surface area contributed by atoms with Gasteiger partial charge in [0, 0.05) is 30.3 Å². The maximum atomic E-state index is 10.0. The smallest absolute Gasteiger partial charge is 0.0803 e. The molecule has 1 aromatic rings. The van der Waals surface area contributed by atoms with E-state index in [0.29, 0.717) is 6.54 Å². The Morgan fingerprint density at radius 1 is 1.25 bits per heavy atom. The molecule has 0 spiro atoms. The Bertz CT molecular complexity index is 345. The van der Waals surface area contributed by atoms with Crippen LogP contribution in [0.25, 0.3) is 0 Å². The Labute approximate surface area is 101 Å². The SMILES string of the molecule is NCC1(O)CCN(c2ccc(Cl)cc2)CC1. The summed E-state index contributed by atoms with van der Waals surface area (Å²) in [6, 6.07) is 7.80. The van der Waals surface area contributed by atoms with E-state index in [9.17, 15) is 5.11 Å². The van der Waals surface area contributed by atoms with Crippen molar-refractivity contribution in [3.05, 3.63) is 29.3 Å². The minimum atomic E-state index is -0.664. The van der Waals surface area contributed by atoms with Gasteiger partial charge in [-0.3, -0.25) is 0 Å². The highest BCUT2D eigenvalue weighted by Gasteiger charge is 2.30. The molecule has 1 aliphatic heterocycles. The molecule has 1 aliphatic rings. The maximum absolute atomic E-state index is 10.0. The van der Waals surface area contributed by atoms with Crippen LogP contribution in [0.3, 0.4) is 0 Å². The molecule has 3 N–H and O–H groups in total. The molecular weight excluding hydrogens is 224 g/mol. The van der Waals surface area contributed by atoms with Gasteiger partial charge in [0.05, 0.1) is 5.60 Å². The minimum absolute atomic E-state index is 0.349. The van der Waals surface area contributed by atoms with Gasteiger partial charge in [-0.1, -0.05) is 11.6 Å². The van der Waals surface area contributed by atoms with Crippen LogP contribution in [0.1, 0.15) is 12.8 Å². The molecule has 0 unspecified atom stereocenters. The van der Waals surface area contributed by atoms with Crippen molar-refractivity contribution in [2.45, 2.75) is 18.4 Å². The Hall–Kier alpha value is -0.770. The number of halogens is 1. The third-order valence-corrected chi connectivity index (χ3v) is 3.52. The van der Waals surface area contributed by atoms with E-state index < -0.39 is 5.60 Å². The molecule has 0 aliphatic carbocycles. The second-order valence-electron chi connectivity index (χ2n) is 4.39. The van der Waals surface area contributed by atoms with Crippen molar-refractivity contribution >= 4 is 17.3 Å². The second kappa shape index (κ2) is 4.62. The average Bonchev–Trinajstić information content (AvgIpc) is 2.32. The Morgan fingerprint density at radius 3 is 2.31 bits per heavy atom. The van der Waals surface area contributed by atoms with Gasteiger partial charge in [0.25, 0.3) is 0 Å². The van der Waals surface area contributed by atoms with E-state index in [0.717, 1.165) is 36.6 Å². The molecule has 0 atom stereocenters. The average molecular weight is 241 g/mol. The first-order chi connectivity index (χ1) is 7.63. The summed E-state index contributed by atoms with van der Waals surface area (Å²) in [4.78, 5) is 2.25. The van der Waals surface area contributed by atoms with Crippen LogP contribution in [-0.4, -0.2) is 30.3 Å². The topological polar surface area (TPSA) is 49.5 Å². The monoisotopic (exact) mass is 240 g/mol. The summed E-state index contributed by atoms with van der Waals surface area (Å²) in [7, 11) is 0. The lowest BCUT2D eigenvalue weighted by atomic mass is 9.91. The van der Waals surface area contributed by atoms with Crippen molar-refractivity contribution in [2.24, 2.45) is 5.73 Å².